The highest BCUT2D eigenvalue weighted by molar-refractivity contribution is 8.26. The fourth-order valence-electron chi connectivity index (χ4n) is 5.23. The number of carbonyl (C=O) groups is 1. The third kappa shape index (κ3) is 5.53. The van der Waals surface area contributed by atoms with Gasteiger partial charge in [0.15, 0.2) is 11.5 Å². The summed E-state index contributed by atoms with van der Waals surface area (Å²) >= 11 is 6.81. The van der Waals surface area contributed by atoms with Crippen LogP contribution in [0.1, 0.15) is 43.2 Å². The van der Waals surface area contributed by atoms with Gasteiger partial charge in [-0.15, -0.1) is 0 Å². The van der Waals surface area contributed by atoms with Crippen molar-refractivity contribution in [1.29, 1.82) is 0 Å². The van der Waals surface area contributed by atoms with Crippen molar-refractivity contribution in [1.82, 2.24) is 14.3 Å². The van der Waals surface area contributed by atoms with Crippen molar-refractivity contribution in [2.45, 2.75) is 44.6 Å². The molecule has 0 bridgehead atoms. The van der Waals surface area contributed by atoms with Gasteiger partial charge in [0, 0.05) is 25.8 Å². The third-order valence-electron chi connectivity index (χ3n) is 7.43. The van der Waals surface area contributed by atoms with Gasteiger partial charge >= 0.3 is 0 Å². The number of nitrogens with zero attached hydrogens (tertiary/aromatic N) is 4. The van der Waals surface area contributed by atoms with Crippen LogP contribution in [0.25, 0.3) is 11.7 Å². The lowest BCUT2D eigenvalue weighted by atomic mass is 9.94. The summed E-state index contributed by atoms with van der Waals surface area (Å²) in [7, 11) is 5.20. The average Bonchev–Trinajstić information content (AvgIpc) is 3.24. The molecule has 1 amide bonds. The molecule has 0 unspecified atom stereocenters. The van der Waals surface area contributed by atoms with Gasteiger partial charge in [-0.1, -0.05) is 55.4 Å². The molecule has 0 N–H and O–H groups in total. The predicted molar refractivity (Wildman–Crippen MR) is 160 cm³/mol. The molecule has 1 saturated carbocycles. The number of ether oxygens (including phenoxy) is 2. The van der Waals surface area contributed by atoms with Crippen molar-refractivity contribution in [3.8, 4) is 11.5 Å². The van der Waals surface area contributed by atoms with Gasteiger partial charge in [0.25, 0.3) is 11.5 Å². The average molecular weight is 565 g/mol. The Morgan fingerprint density at radius 3 is 2.62 bits per heavy atom. The van der Waals surface area contributed by atoms with Gasteiger partial charge in [-0.3, -0.25) is 18.9 Å². The molecule has 39 heavy (non-hydrogen) atoms. The van der Waals surface area contributed by atoms with E-state index in [1.165, 1.54) is 22.6 Å². The van der Waals surface area contributed by atoms with Crippen molar-refractivity contribution in [3.05, 3.63) is 69.0 Å². The molecule has 0 spiro atoms. The van der Waals surface area contributed by atoms with Crippen molar-refractivity contribution >= 4 is 51.7 Å². The molecule has 1 aromatic carbocycles. The molecule has 10 heteroatoms. The number of aromatic nitrogens is 2. The summed E-state index contributed by atoms with van der Waals surface area (Å²) in [6.07, 6.45) is 9.66. The number of methoxy groups -OCH3 is 2. The first-order valence-electron chi connectivity index (χ1n) is 13.1. The molecular weight excluding hydrogens is 532 g/mol. The molecule has 1 saturated heterocycles. The van der Waals surface area contributed by atoms with E-state index in [1.54, 1.807) is 37.5 Å². The van der Waals surface area contributed by atoms with Gasteiger partial charge in [0.05, 0.1) is 24.7 Å². The fourth-order valence-corrected chi connectivity index (χ4v) is 6.52. The number of hydrogen-bond donors (Lipinski definition) is 0. The summed E-state index contributed by atoms with van der Waals surface area (Å²) in [4.78, 5) is 36.2. The quantitative estimate of drug-likeness (QED) is 0.282. The van der Waals surface area contributed by atoms with Crippen LogP contribution in [0.4, 0.5) is 5.82 Å². The second-order valence-corrected chi connectivity index (χ2v) is 11.4. The zero-order valence-electron chi connectivity index (χ0n) is 22.4. The maximum Gasteiger partial charge on any atom is 0.267 e. The zero-order chi connectivity index (χ0) is 27.5. The minimum atomic E-state index is -0.200. The summed E-state index contributed by atoms with van der Waals surface area (Å²) < 4.78 is 12.7. The Balaban J connectivity index is 1.44. The first-order valence-corrected chi connectivity index (χ1v) is 14.3. The Kier molecular flexibility index (Phi) is 8.23. The van der Waals surface area contributed by atoms with Gasteiger partial charge in [-0.2, -0.15) is 0 Å². The molecule has 1 aliphatic carbocycles. The molecule has 2 aliphatic rings. The number of benzene rings is 1. The van der Waals surface area contributed by atoms with Crippen LogP contribution in [0, 0.1) is 0 Å². The topological polar surface area (TPSA) is 76.4 Å². The maximum absolute atomic E-state index is 13.7. The molecule has 0 atom stereocenters. The molecule has 0 radical (unpaired) electrons. The lowest BCUT2D eigenvalue weighted by Crippen LogP contribution is -2.36. The summed E-state index contributed by atoms with van der Waals surface area (Å²) in [6.45, 7) is 0.418. The van der Waals surface area contributed by atoms with Crippen LogP contribution < -0.4 is 19.9 Å². The number of pyridine rings is 1. The van der Waals surface area contributed by atoms with E-state index < -0.39 is 0 Å². The Morgan fingerprint density at radius 1 is 1.10 bits per heavy atom. The lowest BCUT2D eigenvalue weighted by Gasteiger charge is -2.33. The van der Waals surface area contributed by atoms with E-state index in [0.717, 1.165) is 31.2 Å². The summed E-state index contributed by atoms with van der Waals surface area (Å²) in [6, 6.07) is 11.5. The van der Waals surface area contributed by atoms with Gasteiger partial charge in [-0.25, -0.2) is 4.98 Å². The molecule has 8 nitrogen and oxygen atoms in total. The normalized spacial score (nSPS) is 17.3. The Hall–Kier alpha value is -3.37. The first-order chi connectivity index (χ1) is 18.9. The number of thioether (sulfide) groups is 1. The van der Waals surface area contributed by atoms with Crippen LogP contribution in [0.3, 0.4) is 0 Å². The Morgan fingerprint density at radius 2 is 1.87 bits per heavy atom. The number of rotatable bonds is 8. The molecule has 2 aromatic heterocycles. The molecular formula is C29H32N4O4S2. The van der Waals surface area contributed by atoms with E-state index in [-0.39, 0.29) is 11.5 Å². The van der Waals surface area contributed by atoms with Gasteiger partial charge in [0.1, 0.15) is 15.8 Å². The third-order valence-corrected chi connectivity index (χ3v) is 8.80. The highest BCUT2D eigenvalue weighted by Crippen LogP contribution is 2.35. The monoisotopic (exact) mass is 564 g/mol. The minimum absolute atomic E-state index is 0.200. The van der Waals surface area contributed by atoms with Crippen LogP contribution >= 0.6 is 24.0 Å². The Bertz CT molecular complexity index is 1500. The number of fused-ring (bicyclic) bond motifs is 1. The standard InChI is InChI=1S/C29H32N4O4S2/c1-31(20-9-5-4-6-10-20)26-21(27(34)32-15-8-7-11-25(32)30-26)18-24-28(35)33(29(38)39-24)16-14-19-12-13-22(36-2)23(17-19)37-3/h7-8,11-13,15,17-18,20H,4-6,9-10,14,16H2,1-3H3/b24-18-. The molecule has 2 fully saturated rings. The number of thiocarbonyl (C=S) groups is 1. The fraction of sp³-hybridized carbons (Fsp3) is 0.379. The first kappa shape index (κ1) is 27.2. The number of carbonyl (C=O) groups excluding carboxylic acids is 1. The maximum atomic E-state index is 13.7. The lowest BCUT2D eigenvalue weighted by molar-refractivity contribution is -0.122. The van der Waals surface area contributed by atoms with Crippen molar-refractivity contribution in [2.24, 2.45) is 0 Å². The Labute approximate surface area is 237 Å². The summed E-state index contributed by atoms with van der Waals surface area (Å²) in [5.74, 6) is 1.70. The molecule has 1 aliphatic heterocycles. The van der Waals surface area contributed by atoms with E-state index >= 15 is 0 Å². The van der Waals surface area contributed by atoms with E-state index in [2.05, 4.69) is 4.90 Å². The van der Waals surface area contributed by atoms with Gasteiger partial charge in [0.2, 0.25) is 0 Å². The van der Waals surface area contributed by atoms with Crippen LogP contribution in [-0.2, 0) is 11.2 Å². The van der Waals surface area contributed by atoms with Crippen LogP contribution in [0.15, 0.2) is 52.3 Å². The minimum Gasteiger partial charge on any atom is -0.493 e. The smallest absolute Gasteiger partial charge is 0.267 e. The van der Waals surface area contributed by atoms with Crippen LogP contribution in [-0.4, -0.2) is 58.4 Å². The summed E-state index contributed by atoms with van der Waals surface area (Å²) in [5, 5.41) is 0. The molecule has 3 aromatic rings. The van der Waals surface area contributed by atoms with Crippen LogP contribution in [0.5, 0.6) is 11.5 Å². The van der Waals surface area contributed by atoms with Gasteiger partial charge in [-0.05, 0) is 55.2 Å². The zero-order valence-corrected chi connectivity index (χ0v) is 24.0. The van der Waals surface area contributed by atoms with E-state index in [1.807, 2.05) is 37.4 Å². The van der Waals surface area contributed by atoms with Crippen molar-refractivity contribution < 1.29 is 14.3 Å². The van der Waals surface area contributed by atoms with Gasteiger partial charge < -0.3 is 14.4 Å². The van der Waals surface area contributed by atoms with E-state index in [4.69, 9.17) is 26.7 Å². The summed E-state index contributed by atoms with van der Waals surface area (Å²) in [5.41, 5.74) is 1.79. The van der Waals surface area contributed by atoms with E-state index in [0.29, 0.717) is 56.8 Å². The van der Waals surface area contributed by atoms with Crippen molar-refractivity contribution in [3.63, 3.8) is 0 Å². The predicted octanol–water partition coefficient (Wildman–Crippen LogP) is 4.92. The largest absolute Gasteiger partial charge is 0.493 e. The number of hydrogen-bond acceptors (Lipinski definition) is 8. The number of anilines is 1. The highest BCUT2D eigenvalue weighted by atomic mass is 32.2. The van der Waals surface area contributed by atoms with E-state index in [9.17, 15) is 9.59 Å². The highest BCUT2D eigenvalue weighted by Gasteiger charge is 2.33. The second-order valence-electron chi connectivity index (χ2n) is 9.76. The molecule has 3 heterocycles. The molecule has 5 rings (SSSR count). The second kappa shape index (κ2) is 11.8. The number of amides is 1. The van der Waals surface area contributed by atoms with Crippen LogP contribution in [0.2, 0.25) is 0 Å². The van der Waals surface area contributed by atoms with Crippen molar-refractivity contribution in [2.75, 3.05) is 32.7 Å². The molecule has 204 valence electrons. The SMILES string of the molecule is COc1ccc(CCN2C(=O)/C(=C/c3c(N(C)C4CCCCC4)nc4ccccn4c3=O)SC2=S)cc1OC.